The van der Waals surface area contributed by atoms with Crippen molar-refractivity contribution in [3.05, 3.63) is 77.9 Å². The zero-order valence-corrected chi connectivity index (χ0v) is 16.6. The molecule has 0 atom stereocenters. The van der Waals surface area contributed by atoms with Crippen LogP contribution in [0.5, 0.6) is 11.6 Å². The van der Waals surface area contributed by atoms with Crippen LogP contribution in [0.15, 0.2) is 60.9 Å². The molecule has 6 nitrogen and oxygen atoms in total. The van der Waals surface area contributed by atoms with Gasteiger partial charge in [0.15, 0.2) is 5.82 Å². The number of nitrogens with one attached hydrogen (secondary N) is 1. The van der Waals surface area contributed by atoms with Crippen molar-refractivity contribution in [3.8, 4) is 11.6 Å². The van der Waals surface area contributed by atoms with Crippen LogP contribution in [0.25, 0.3) is 0 Å². The Morgan fingerprint density at radius 3 is 2.50 bits per heavy atom. The minimum atomic E-state index is -0.338. The maximum Gasteiger partial charge on any atom is 0.263 e. The van der Waals surface area contributed by atoms with Gasteiger partial charge in [-0.1, -0.05) is 18.2 Å². The van der Waals surface area contributed by atoms with E-state index >= 15 is 0 Å². The van der Waals surface area contributed by atoms with Crippen LogP contribution >= 0.6 is 0 Å². The first kappa shape index (κ1) is 19.8. The summed E-state index contributed by atoms with van der Waals surface area (Å²) in [5, 5.41) is 2.73. The minimum Gasteiger partial charge on any atom is -0.436 e. The van der Waals surface area contributed by atoms with Gasteiger partial charge in [0.25, 0.3) is 11.8 Å². The third-order valence-corrected chi connectivity index (χ3v) is 5.03. The van der Waals surface area contributed by atoms with Crippen LogP contribution in [0.2, 0.25) is 0 Å². The summed E-state index contributed by atoms with van der Waals surface area (Å²) < 4.78 is 19.6. The van der Waals surface area contributed by atoms with E-state index in [2.05, 4.69) is 20.2 Å². The lowest BCUT2D eigenvalue weighted by molar-refractivity contribution is 0.0950. The van der Waals surface area contributed by atoms with Gasteiger partial charge in [-0.25, -0.2) is 14.4 Å². The van der Waals surface area contributed by atoms with Crippen molar-refractivity contribution in [2.75, 3.05) is 18.0 Å². The Morgan fingerprint density at radius 1 is 1.00 bits per heavy atom. The molecule has 0 unspecified atom stereocenters. The lowest BCUT2D eigenvalue weighted by atomic mass is 10.1. The Labute approximate surface area is 174 Å². The van der Waals surface area contributed by atoms with Crippen LogP contribution < -0.4 is 15.0 Å². The molecule has 0 bridgehead atoms. The minimum absolute atomic E-state index is 0.128. The number of hydrogen-bond donors (Lipinski definition) is 1. The largest absolute Gasteiger partial charge is 0.436 e. The third-order valence-electron chi connectivity index (χ3n) is 5.03. The zero-order valence-electron chi connectivity index (χ0n) is 16.6. The molecule has 1 fully saturated rings. The van der Waals surface area contributed by atoms with E-state index in [1.54, 1.807) is 54.9 Å². The molecule has 7 heteroatoms. The van der Waals surface area contributed by atoms with Crippen LogP contribution in [0.3, 0.4) is 0 Å². The Kier molecular flexibility index (Phi) is 6.17. The van der Waals surface area contributed by atoms with Crippen molar-refractivity contribution >= 4 is 11.7 Å². The van der Waals surface area contributed by atoms with Crippen LogP contribution in [0.4, 0.5) is 10.2 Å². The van der Waals surface area contributed by atoms with Gasteiger partial charge in [0.05, 0.1) is 0 Å². The van der Waals surface area contributed by atoms with E-state index in [9.17, 15) is 9.18 Å². The van der Waals surface area contributed by atoms with Crippen LogP contribution in [0.1, 0.15) is 35.2 Å². The summed E-state index contributed by atoms with van der Waals surface area (Å²) in [6.45, 7) is 2.01. The molecule has 154 valence electrons. The fraction of sp³-hybridized carbons (Fsp3) is 0.261. The number of benzene rings is 2. The highest BCUT2D eigenvalue weighted by atomic mass is 19.1. The summed E-state index contributed by atoms with van der Waals surface area (Å²) in [7, 11) is 0. The number of piperidine rings is 1. The van der Waals surface area contributed by atoms with Gasteiger partial charge < -0.3 is 15.0 Å². The molecule has 0 aliphatic carbocycles. The fourth-order valence-electron chi connectivity index (χ4n) is 3.42. The molecule has 30 heavy (non-hydrogen) atoms. The summed E-state index contributed by atoms with van der Waals surface area (Å²) >= 11 is 0. The number of carbonyl (C=O) groups excluding carboxylic acids is 1. The number of hydrogen-bond acceptors (Lipinski definition) is 5. The van der Waals surface area contributed by atoms with Crippen molar-refractivity contribution in [1.82, 2.24) is 15.3 Å². The maximum absolute atomic E-state index is 13.7. The second-order valence-corrected chi connectivity index (χ2v) is 7.13. The number of amides is 1. The summed E-state index contributed by atoms with van der Waals surface area (Å²) in [5.74, 6) is 1.15. The van der Waals surface area contributed by atoms with Gasteiger partial charge in [-0.05, 0) is 49.6 Å². The highest BCUT2D eigenvalue weighted by Crippen LogP contribution is 2.29. The number of anilines is 1. The van der Waals surface area contributed by atoms with E-state index in [0.29, 0.717) is 22.8 Å². The van der Waals surface area contributed by atoms with E-state index < -0.39 is 0 Å². The van der Waals surface area contributed by atoms with Gasteiger partial charge >= 0.3 is 0 Å². The predicted octanol–water partition coefficient (Wildman–Crippen LogP) is 4.33. The van der Waals surface area contributed by atoms with E-state index in [0.717, 1.165) is 31.7 Å². The second-order valence-electron chi connectivity index (χ2n) is 7.13. The molecule has 0 spiro atoms. The predicted molar refractivity (Wildman–Crippen MR) is 112 cm³/mol. The summed E-state index contributed by atoms with van der Waals surface area (Å²) in [6, 6.07) is 13.1. The fourth-order valence-corrected chi connectivity index (χ4v) is 3.42. The molecule has 1 saturated heterocycles. The molecule has 3 aromatic rings. The smallest absolute Gasteiger partial charge is 0.263 e. The molecule has 0 radical (unpaired) electrons. The average Bonchev–Trinajstić information content (AvgIpc) is 2.80. The monoisotopic (exact) mass is 406 g/mol. The Hall–Kier alpha value is -3.48. The average molecular weight is 406 g/mol. The first-order chi connectivity index (χ1) is 14.7. The third kappa shape index (κ3) is 4.74. The Morgan fingerprint density at radius 2 is 1.73 bits per heavy atom. The first-order valence-corrected chi connectivity index (χ1v) is 10.1. The lowest BCUT2D eigenvalue weighted by Gasteiger charge is -2.28. The Balaban J connectivity index is 1.40. The van der Waals surface area contributed by atoms with Gasteiger partial charge in [-0.2, -0.15) is 0 Å². The topological polar surface area (TPSA) is 67.3 Å². The van der Waals surface area contributed by atoms with Gasteiger partial charge in [-0.15, -0.1) is 0 Å². The van der Waals surface area contributed by atoms with Crippen LogP contribution in [-0.4, -0.2) is 29.0 Å². The molecular weight excluding hydrogens is 383 g/mol. The standard InChI is InChI=1S/C23H23FN4O2/c24-20-7-3-2-6-18(20)16-27-22(29)17-8-10-19(11-9-17)30-23-21(25-12-13-26-23)28-14-4-1-5-15-28/h2-3,6-13H,1,4-5,14-16H2,(H,27,29). The highest BCUT2D eigenvalue weighted by Gasteiger charge is 2.18. The quantitative estimate of drug-likeness (QED) is 0.660. The van der Waals surface area contributed by atoms with Crippen molar-refractivity contribution in [3.63, 3.8) is 0 Å². The second kappa shape index (κ2) is 9.35. The summed E-state index contributed by atoms with van der Waals surface area (Å²) in [5.41, 5.74) is 0.910. The number of carbonyl (C=O) groups is 1. The van der Waals surface area contributed by atoms with Gasteiger partial charge in [0, 0.05) is 43.2 Å². The molecule has 4 rings (SSSR count). The van der Waals surface area contributed by atoms with Gasteiger partial charge in [0.1, 0.15) is 11.6 Å². The Bertz CT molecular complexity index is 1000. The molecule has 0 saturated carbocycles. The number of nitrogens with zero attached hydrogens (tertiary/aromatic N) is 3. The molecular formula is C23H23FN4O2. The van der Waals surface area contributed by atoms with Crippen molar-refractivity contribution < 1.29 is 13.9 Å². The van der Waals surface area contributed by atoms with Crippen molar-refractivity contribution in [2.45, 2.75) is 25.8 Å². The summed E-state index contributed by atoms with van der Waals surface area (Å²) in [6.07, 6.45) is 6.76. The van der Waals surface area contributed by atoms with E-state index in [1.165, 1.54) is 12.5 Å². The molecule has 2 heterocycles. The van der Waals surface area contributed by atoms with E-state index in [-0.39, 0.29) is 18.3 Å². The number of rotatable bonds is 6. The maximum atomic E-state index is 13.7. The molecule has 1 aromatic heterocycles. The van der Waals surface area contributed by atoms with Gasteiger partial charge in [-0.3, -0.25) is 4.79 Å². The first-order valence-electron chi connectivity index (χ1n) is 10.1. The molecule has 1 aliphatic heterocycles. The molecule has 1 amide bonds. The number of halogens is 1. The SMILES string of the molecule is O=C(NCc1ccccc1F)c1ccc(Oc2nccnc2N2CCCCC2)cc1. The van der Waals surface area contributed by atoms with Crippen molar-refractivity contribution in [1.29, 1.82) is 0 Å². The summed E-state index contributed by atoms with van der Waals surface area (Å²) in [4.78, 5) is 23.3. The molecule has 1 aliphatic rings. The molecule has 2 aromatic carbocycles. The van der Waals surface area contributed by atoms with Crippen LogP contribution in [0, 0.1) is 5.82 Å². The molecule has 1 N–H and O–H groups in total. The lowest BCUT2D eigenvalue weighted by Crippen LogP contribution is -2.30. The normalized spacial score (nSPS) is 13.7. The highest BCUT2D eigenvalue weighted by molar-refractivity contribution is 5.94. The number of aromatic nitrogens is 2. The van der Waals surface area contributed by atoms with E-state index in [1.807, 2.05) is 0 Å². The van der Waals surface area contributed by atoms with Crippen LogP contribution in [-0.2, 0) is 6.54 Å². The van der Waals surface area contributed by atoms with Gasteiger partial charge in [0.2, 0.25) is 0 Å². The zero-order chi connectivity index (χ0) is 20.8. The van der Waals surface area contributed by atoms with E-state index in [4.69, 9.17) is 4.74 Å². The van der Waals surface area contributed by atoms with Crippen molar-refractivity contribution in [2.24, 2.45) is 0 Å². The number of ether oxygens (including phenoxy) is 1.